The van der Waals surface area contributed by atoms with Gasteiger partial charge >= 0.3 is 0 Å². The molecule has 0 spiro atoms. The Hall–Kier alpha value is -1.09. The van der Waals surface area contributed by atoms with Crippen molar-refractivity contribution in [3.05, 3.63) is 24.0 Å². The van der Waals surface area contributed by atoms with Gasteiger partial charge in [0.2, 0.25) is 0 Å². The predicted molar refractivity (Wildman–Crippen MR) is 74.7 cm³/mol. The third-order valence-electron chi connectivity index (χ3n) is 3.90. The Morgan fingerprint density at radius 2 is 2.06 bits per heavy atom. The lowest BCUT2D eigenvalue weighted by atomic mass is 9.89. The minimum atomic E-state index is -0.484. The summed E-state index contributed by atoms with van der Waals surface area (Å²) in [4.78, 5) is 6.59. The van der Waals surface area contributed by atoms with Crippen LogP contribution in [-0.2, 0) is 0 Å². The fourth-order valence-corrected chi connectivity index (χ4v) is 2.73. The quantitative estimate of drug-likeness (QED) is 0.889. The van der Waals surface area contributed by atoms with Crippen molar-refractivity contribution in [2.75, 3.05) is 18.5 Å². The van der Waals surface area contributed by atoms with E-state index in [0.29, 0.717) is 0 Å². The summed E-state index contributed by atoms with van der Waals surface area (Å²) < 4.78 is 0. The van der Waals surface area contributed by atoms with Crippen LogP contribution in [0.2, 0.25) is 0 Å². The summed E-state index contributed by atoms with van der Waals surface area (Å²) in [7, 11) is 2.13. The average molecular weight is 248 g/mol. The summed E-state index contributed by atoms with van der Waals surface area (Å²) in [5.41, 5.74) is 1.88. The van der Waals surface area contributed by atoms with Gasteiger partial charge in [0.25, 0.3) is 0 Å². The van der Waals surface area contributed by atoms with E-state index in [9.17, 15) is 5.11 Å². The number of nitrogens with zero attached hydrogens (tertiary/aromatic N) is 2. The molecule has 18 heavy (non-hydrogen) atoms. The van der Waals surface area contributed by atoms with Gasteiger partial charge in [-0.05, 0) is 37.8 Å². The topological polar surface area (TPSA) is 36.4 Å². The summed E-state index contributed by atoms with van der Waals surface area (Å²) >= 11 is 0. The van der Waals surface area contributed by atoms with E-state index in [0.717, 1.165) is 23.8 Å². The molecule has 1 atom stereocenters. The van der Waals surface area contributed by atoms with Gasteiger partial charge in [-0.1, -0.05) is 19.3 Å². The molecule has 1 N–H and O–H groups in total. The molecule has 0 bridgehead atoms. The van der Waals surface area contributed by atoms with Crippen LogP contribution in [0, 0.1) is 5.92 Å². The Balaban J connectivity index is 1.93. The van der Waals surface area contributed by atoms with Crippen molar-refractivity contribution < 1.29 is 5.11 Å². The number of rotatable bonds is 4. The zero-order valence-electron chi connectivity index (χ0n) is 11.5. The molecular formula is C15H24N2O. The lowest BCUT2D eigenvalue weighted by Crippen LogP contribution is -2.26. The Kier molecular flexibility index (Phi) is 4.59. The second-order valence-corrected chi connectivity index (χ2v) is 5.50. The van der Waals surface area contributed by atoms with E-state index in [1.807, 2.05) is 12.3 Å². The van der Waals surface area contributed by atoms with Crippen LogP contribution in [0.25, 0.3) is 0 Å². The highest BCUT2D eigenvalue weighted by Crippen LogP contribution is 2.25. The van der Waals surface area contributed by atoms with E-state index < -0.39 is 6.10 Å². The molecule has 1 saturated carbocycles. The molecule has 0 radical (unpaired) electrons. The fourth-order valence-electron chi connectivity index (χ4n) is 2.73. The van der Waals surface area contributed by atoms with Crippen molar-refractivity contribution in [3.63, 3.8) is 0 Å². The van der Waals surface area contributed by atoms with E-state index in [1.165, 1.54) is 32.1 Å². The van der Waals surface area contributed by atoms with Gasteiger partial charge in [0, 0.05) is 13.6 Å². The molecule has 3 heteroatoms. The Morgan fingerprint density at radius 1 is 1.33 bits per heavy atom. The van der Waals surface area contributed by atoms with Crippen molar-refractivity contribution in [2.45, 2.75) is 45.1 Å². The van der Waals surface area contributed by atoms with Crippen molar-refractivity contribution in [1.82, 2.24) is 4.98 Å². The standard InChI is InChI=1S/C15H24N2O/c1-12(18)15-9-8-14(10-16-15)17(2)11-13-6-4-3-5-7-13/h8-10,12-13,18H,3-7,11H2,1-2H3/t12-/m0/s1. The molecule has 0 amide bonds. The highest BCUT2D eigenvalue weighted by molar-refractivity contribution is 5.43. The van der Waals surface area contributed by atoms with Crippen LogP contribution >= 0.6 is 0 Å². The van der Waals surface area contributed by atoms with Gasteiger partial charge < -0.3 is 10.0 Å². The SMILES string of the molecule is C[C@H](O)c1ccc(N(C)CC2CCCCC2)cn1. The fraction of sp³-hybridized carbons (Fsp3) is 0.667. The van der Waals surface area contributed by atoms with E-state index in [1.54, 1.807) is 6.92 Å². The summed E-state index contributed by atoms with van der Waals surface area (Å²) in [6, 6.07) is 3.97. The number of anilines is 1. The van der Waals surface area contributed by atoms with Crippen LogP contribution in [0.1, 0.15) is 50.8 Å². The lowest BCUT2D eigenvalue weighted by Gasteiger charge is -2.28. The zero-order chi connectivity index (χ0) is 13.0. The van der Waals surface area contributed by atoms with Crippen molar-refractivity contribution >= 4 is 5.69 Å². The van der Waals surface area contributed by atoms with Crippen LogP contribution in [0.3, 0.4) is 0 Å². The predicted octanol–water partition coefficient (Wildman–Crippen LogP) is 3.15. The van der Waals surface area contributed by atoms with Crippen LogP contribution in [0.5, 0.6) is 0 Å². The summed E-state index contributed by atoms with van der Waals surface area (Å²) in [5.74, 6) is 0.834. The van der Waals surface area contributed by atoms with Crippen molar-refractivity contribution in [2.24, 2.45) is 5.92 Å². The minimum absolute atomic E-state index is 0.484. The maximum atomic E-state index is 9.44. The molecule has 1 aromatic heterocycles. The van der Waals surface area contributed by atoms with Crippen molar-refractivity contribution in [3.8, 4) is 0 Å². The average Bonchev–Trinajstić information content (AvgIpc) is 2.40. The number of aliphatic hydroxyl groups is 1. The Morgan fingerprint density at radius 3 is 2.61 bits per heavy atom. The molecule has 1 aromatic rings. The molecule has 1 fully saturated rings. The molecule has 100 valence electrons. The van der Waals surface area contributed by atoms with Gasteiger partial charge in [0.15, 0.2) is 0 Å². The van der Waals surface area contributed by atoms with Crippen molar-refractivity contribution in [1.29, 1.82) is 0 Å². The number of hydrogen-bond donors (Lipinski definition) is 1. The third-order valence-corrected chi connectivity index (χ3v) is 3.90. The molecule has 0 unspecified atom stereocenters. The lowest BCUT2D eigenvalue weighted by molar-refractivity contribution is 0.194. The minimum Gasteiger partial charge on any atom is -0.387 e. The molecule has 0 aromatic carbocycles. The number of aliphatic hydroxyl groups excluding tert-OH is 1. The molecule has 1 heterocycles. The summed E-state index contributed by atoms with van der Waals surface area (Å²) in [5, 5.41) is 9.44. The molecule has 2 rings (SSSR count). The van der Waals surface area contributed by atoms with Gasteiger partial charge in [0.05, 0.1) is 23.7 Å². The molecule has 0 saturated heterocycles. The number of pyridine rings is 1. The number of aromatic nitrogens is 1. The van der Waals surface area contributed by atoms with Crippen LogP contribution in [0.4, 0.5) is 5.69 Å². The van der Waals surface area contributed by atoms with Gasteiger partial charge in [-0.3, -0.25) is 4.98 Å². The first-order valence-electron chi connectivity index (χ1n) is 7.02. The highest BCUT2D eigenvalue weighted by atomic mass is 16.3. The smallest absolute Gasteiger partial charge is 0.0931 e. The second-order valence-electron chi connectivity index (χ2n) is 5.50. The van der Waals surface area contributed by atoms with E-state index in [-0.39, 0.29) is 0 Å². The Labute approximate surface area is 110 Å². The van der Waals surface area contributed by atoms with E-state index in [2.05, 4.69) is 23.0 Å². The maximum absolute atomic E-state index is 9.44. The van der Waals surface area contributed by atoms with Gasteiger partial charge in [-0.25, -0.2) is 0 Å². The van der Waals surface area contributed by atoms with Crippen LogP contribution < -0.4 is 4.90 Å². The van der Waals surface area contributed by atoms with Crippen LogP contribution in [-0.4, -0.2) is 23.7 Å². The molecule has 1 aliphatic rings. The maximum Gasteiger partial charge on any atom is 0.0931 e. The van der Waals surface area contributed by atoms with E-state index >= 15 is 0 Å². The molecule has 3 nitrogen and oxygen atoms in total. The normalized spacial score (nSPS) is 18.6. The molecular weight excluding hydrogens is 224 g/mol. The molecule has 0 aliphatic heterocycles. The molecule has 1 aliphatic carbocycles. The summed E-state index contributed by atoms with van der Waals surface area (Å²) in [6.45, 7) is 2.86. The van der Waals surface area contributed by atoms with Gasteiger partial charge in [0.1, 0.15) is 0 Å². The monoisotopic (exact) mass is 248 g/mol. The first-order valence-corrected chi connectivity index (χ1v) is 7.02. The number of hydrogen-bond acceptors (Lipinski definition) is 3. The third kappa shape index (κ3) is 3.45. The first-order chi connectivity index (χ1) is 8.66. The van der Waals surface area contributed by atoms with Gasteiger partial charge in [-0.2, -0.15) is 0 Å². The highest BCUT2D eigenvalue weighted by Gasteiger charge is 2.15. The second kappa shape index (κ2) is 6.19. The largest absolute Gasteiger partial charge is 0.387 e. The first kappa shape index (κ1) is 13.3. The summed E-state index contributed by atoms with van der Waals surface area (Å²) in [6.07, 6.45) is 8.29. The van der Waals surface area contributed by atoms with Crippen LogP contribution in [0.15, 0.2) is 18.3 Å². The van der Waals surface area contributed by atoms with E-state index in [4.69, 9.17) is 0 Å². The Bertz CT molecular complexity index is 355. The zero-order valence-corrected chi connectivity index (χ0v) is 11.5. The van der Waals surface area contributed by atoms with Gasteiger partial charge in [-0.15, -0.1) is 0 Å².